The lowest BCUT2D eigenvalue weighted by Gasteiger charge is -2.50. The molecule has 1 saturated carbocycles. The molecule has 3 heteroatoms. The fourth-order valence-electron chi connectivity index (χ4n) is 2.25. The molecule has 2 unspecified atom stereocenters. The van der Waals surface area contributed by atoms with Crippen LogP contribution in [0.3, 0.4) is 0 Å². The van der Waals surface area contributed by atoms with E-state index >= 15 is 0 Å². The molecule has 0 radical (unpaired) electrons. The van der Waals surface area contributed by atoms with Crippen LogP contribution in [0, 0.1) is 11.2 Å². The summed E-state index contributed by atoms with van der Waals surface area (Å²) in [6.07, 6.45) is 0.991. The number of nitrogens with two attached hydrogens (primary N) is 1. The molecule has 1 aliphatic carbocycles. The van der Waals surface area contributed by atoms with Gasteiger partial charge in [-0.25, -0.2) is 4.39 Å². The Hall–Kier alpha value is -0.410. The fourth-order valence-corrected chi connectivity index (χ4v) is 2.65. The van der Waals surface area contributed by atoms with E-state index in [0.29, 0.717) is 10.4 Å². The van der Waals surface area contributed by atoms with Crippen LogP contribution in [-0.2, 0) is 0 Å². The van der Waals surface area contributed by atoms with Gasteiger partial charge in [0.1, 0.15) is 5.82 Å². The lowest BCUT2D eigenvalue weighted by molar-refractivity contribution is 0.0983. The molecule has 1 aromatic rings. The summed E-state index contributed by atoms with van der Waals surface area (Å²) in [5.41, 5.74) is 7.26. The van der Waals surface area contributed by atoms with Crippen molar-refractivity contribution >= 4 is 15.9 Å². The van der Waals surface area contributed by atoms with Crippen molar-refractivity contribution in [1.82, 2.24) is 0 Å². The summed E-state index contributed by atoms with van der Waals surface area (Å²) in [6.45, 7) is 4.34. The van der Waals surface area contributed by atoms with Gasteiger partial charge in [-0.05, 0) is 51.4 Å². The Morgan fingerprint density at radius 1 is 1.47 bits per heavy atom. The van der Waals surface area contributed by atoms with Gasteiger partial charge in [-0.15, -0.1) is 0 Å². The van der Waals surface area contributed by atoms with Crippen molar-refractivity contribution in [3.63, 3.8) is 0 Å². The molecule has 15 heavy (non-hydrogen) atoms. The highest BCUT2D eigenvalue weighted by Gasteiger charge is 2.46. The van der Waals surface area contributed by atoms with E-state index in [2.05, 4.69) is 29.8 Å². The zero-order chi connectivity index (χ0) is 11.2. The first-order valence-corrected chi connectivity index (χ1v) is 5.92. The van der Waals surface area contributed by atoms with E-state index in [9.17, 15) is 4.39 Å². The molecule has 82 valence electrons. The maximum absolute atomic E-state index is 13.1. The third-order valence-electron chi connectivity index (χ3n) is 3.69. The van der Waals surface area contributed by atoms with Gasteiger partial charge in [0, 0.05) is 6.04 Å². The quantitative estimate of drug-likeness (QED) is 0.832. The lowest BCUT2D eigenvalue weighted by atomic mass is 9.57. The van der Waals surface area contributed by atoms with E-state index < -0.39 is 0 Å². The van der Waals surface area contributed by atoms with Gasteiger partial charge in [0.2, 0.25) is 0 Å². The summed E-state index contributed by atoms with van der Waals surface area (Å²) in [5.74, 6) is 0.240. The third kappa shape index (κ3) is 1.72. The first-order chi connectivity index (χ1) is 6.93. The van der Waals surface area contributed by atoms with Crippen molar-refractivity contribution in [2.75, 3.05) is 0 Å². The minimum atomic E-state index is -0.208. The maximum atomic E-state index is 13.1. The molecule has 1 aromatic carbocycles. The number of halogens is 2. The van der Waals surface area contributed by atoms with Crippen LogP contribution >= 0.6 is 15.9 Å². The Morgan fingerprint density at radius 3 is 2.60 bits per heavy atom. The van der Waals surface area contributed by atoms with Crippen LogP contribution in [0.2, 0.25) is 0 Å². The molecular weight excluding hydrogens is 257 g/mol. The second kappa shape index (κ2) is 3.56. The number of benzene rings is 1. The van der Waals surface area contributed by atoms with Gasteiger partial charge in [-0.1, -0.05) is 19.9 Å². The molecule has 0 spiro atoms. The second-order valence-corrected chi connectivity index (χ2v) is 5.74. The molecule has 2 N–H and O–H groups in total. The van der Waals surface area contributed by atoms with Crippen LogP contribution in [0.15, 0.2) is 22.7 Å². The molecule has 0 bridgehead atoms. The molecule has 2 rings (SSSR count). The number of rotatable bonds is 1. The van der Waals surface area contributed by atoms with Crippen molar-refractivity contribution in [2.45, 2.75) is 32.2 Å². The van der Waals surface area contributed by atoms with Crippen molar-refractivity contribution in [1.29, 1.82) is 0 Å². The second-order valence-electron chi connectivity index (χ2n) is 4.89. The van der Waals surface area contributed by atoms with Gasteiger partial charge < -0.3 is 5.73 Å². The molecule has 1 aliphatic rings. The van der Waals surface area contributed by atoms with Crippen LogP contribution < -0.4 is 5.73 Å². The van der Waals surface area contributed by atoms with Gasteiger partial charge >= 0.3 is 0 Å². The molecule has 0 aliphatic heterocycles. The molecule has 0 saturated heterocycles. The molecule has 0 heterocycles. The first-order valence-electron chi connectivity index (χ1n) is 5.13. The number of hydrogen-bond donors (Lipinski definition) is 1. The highest BCUT2D eigenvalue weighted by atomic mass is 79.9. The Balaban J connectivity index is 2.29. The van der Waals surface area contributed by atoms with E-state index in [1.807, 2.05) is 12.1 Å². The SMILES string of the molecule is CC1(C)C(N)CC1c1ccc(F)c(Br)c1. The highest BCUT2D eigenvalue weighted by Crippen LogP contribution is 2.51. The average Bonchev–Trinajstić information content (AvgIpc) is 2.19. The minimum absolute atomic E-state index is 0.122. The van der Waals surface area contributed by atoms with E-state index in [-0.39, 0.29) is 17.3 Å². The average molecular weight is 272 g/mol. The van der Waals surface area contributed by atoms with E-state index in [4.69, 9.17) is 5.73 Å². The number of hydrogen-bond acceptors (Lipinski definition) is 1. The highest BCUT2D eigenvalue weighted by molar-refractivity contribution is 9.10. The zero-order valence-electron chi connectivity index (χ0n) is 8.93. The van der Waals surface area contributed by atoms with Gasteiger partial charge in [-0.2, -0.15) is 0 Å². The Bertz CT molecular complexity index is 389. The third-order valence-corrected chi connectivity index (χ3v) is 4.30. The molecule has 0 aromatic heterocycles. The normalized spacial score (nSPS) is 28.6. The summed E-state index contributed by atoms with van der Waals surface area (Å²) in [7, 11) is 0. The molecular formula is C12H15BrFN. The summed E-state index contributed by atoms with van der Waals surface area (Å²) in [5, 5.41) is 0. The smallest absolute Gasteiger partial charge is 0.137 e. The van der Waals surface area contributed by atoms with Crippen LogP contribution in [0.1, 0.15) is 31.7 Å². The van der Waals surface area contributed by atoms with Crippen LogP contribution in [0.4, 0.5) is 4.39 Å². The van der Waals surface area contributed by atoms with E-state index in [1.165, 1.54) is 11.6 Å². The molecule has 1 fully saturated rings. The van der Waals surface area contributed by atoms with Crippen LogP contribution in [0.25, 0.3) is 0 Å². The molecule has 2 atom stereocenters. The maximum Gasteiger partial charge on any atom is 0.137 e. The van der Waals surface area contributed by atoms with E-state index in [1.54, 1.807) is 0 Å². The topological polar surface area (TPSA) is 26.0 Å². The van der Waals surface area contributed by atoms with Gasteiger partial charge in [0.05, 0.1) is 4.47 Å². The summed E-state index contributed by atoms with van der Waals surface area (Å²) < 4.78 is 13.6. The van der Waals surface area contributed by atoms with Crippen LogP contribution in [-0.4, -0.2) is 6.04 Å². The summed E-state index contributed by atoms with van der Waals surface area (Å²) in [4.78, 5) is 0. The van der Waals surface area contributed by atoms with Crippen LogP contribution in [0.5, 0.6) is 0 Å². The predicted octanol–water partition coefficient (Wildman–Crippen LogP) is 3.43. The molecule has 0 amide bonds. The Labute approximate surface area is 98.0 Å². The predicted molar refractivity (Wildman–Crippen MR) is 63.2 cm³/mol. The first kappa shape index (κ1) is 11.1. The van der Waals surface area contributed by atoms with Crippen molar-refractivity contribution in [3.8, 4) is 0 Å². The summed E-state index contributed by atoms with van der Waals surface area (Å²) >= 11 is 3.21. The Morgan fingerprint density at radius 2 is 2.13 bits per heavy atom. The zero-order valence-corrected chi connectivity index (χ0v) is 10.5. The Kier molecular flexibility index (Phi) is 2.63. The fraction of sp³-hybridized carbons (Fsp3) is 0.500. The van der Waals surface area contributed by atoms with Gasteiger partial charge in [-0.3, -0.25) is 0 Å². The van der Waals surface area contributed by atoms with Gasteiger partial charge in [0.25, 0.3) is 0 Å². The monoisotopic (exact) mass is 271 g/mol. The minimum Gasteiger partial charge on any atom is -0.327 e. The van der Waals surface area contributed by atoms with Gasteiger partial charge in [0.15, 0.2) is 0 Å². The van der Waals surface area contributed by atoms with Crippen molar-refractivity contribution in [3.05, 3.63) is 34.1 Å². The standard InChI is InChI=1S/C12H15BrFN/c1-12(2)8(6-11(12)15)7-3-4-10(14)9(13)5-7/h3-5,8,11H,6,15H2,1-2H3. The lowest BCUT2D eigenvalue weighted by Crippen LogP contribution is -2.52. The van der Waals surface area contributed by atoms with Crippen molar-refractivity contribution < 1.29 is 4.39 Å². The van der Waals surface area contributed by atoms with E-state index in [0.717, 1.165) is 6.42 Å². The van der Waals surface area contributed by atoms with Crippen molar-refractivity contribution in [2.24, 2.45) is 11.1 Å². The molecule has 1 nitrogen and oxygen atoms in total. The largest absolute Gasteiger partial charge is 0.327 e. The summed E-state index contributed by atoms with van der Waals surface area (Å²) in [6, 6.07) is 5.50.